The van der Waals surface area contributed by atoms with Gasteiger partial charge in [0, 0.05) is 13.0 Å². The first kappa shape index (κ1) is 14.4. The van der Waals surface area contributed by atoms with Crippen molar-refractivity contribution < 1.29 is 19.4 Å². The quantitative estimate of drug-likeness (QED) is 0.811. The number of anilines is 1. The zero-order valence-electron chi connectivity index (χ0n) is 11.4. The van der Waals surface area contributed by atoms with E-state index in [0.717, 1.165) is 24.3 Å². The van der Waals surface area contributed by atoms with Gasteiger partial charge in [-0.25, -0.2) is 0 Å². The molecule has 0 aliphatic carbocycles. The molecule has 0 radical (unpaired) electrons. The lowest BCUT2D eigenvalue weighted by Crippen LogP contribution is -2.31. The predicted octanol–water partition coefficient (Wildman–Crippen LogP) is 2.45. The fourth-order valence-electron chi connectivity index (χ4n) is 2.29. The Kier molecular flexibility index (Phi) is 4.98. The number of carboxylic acids is 1. The van der Waals surface area contributed by atoms with Gasteiger partial charge in [0.2, 0.25) is 5.91 Å². The van der Waals surface area contributed by atoms with Crippen molar-refractivity contribution in [3.05, 3.63) is 24.3 Å². The van der Waals surface area contributed by atoms with Crippen LogP contribution >= 0.6 is 0 Å². The van der Waals surface area contributed by atoms with E-state index in [1.165, 1.54) is 0 Å². The molecule has 0 aromatic heterocycles. The maximum atomic E-state index is 12.1. The monoisotopic (exact) mass is 277 g/mol. The molecule has 1 aliphatic rings. The van der Waals surface area contributed by atoms with Gasteiger partial charge in [-0.3, -0.25) is 9.59 Å². The molecule has 0 spiro atoms. The average Bonchev–Trinajstić information content (AvgIpc) is 2.58. The van der Waals surface area contributed by atoms with Crippen LogP contribution in [0.4, 0.5) is 5.69 Å². The number of carbonyl (C=O) groups is 2. The number of nitrogens with zero attached hydrogens (tertiary/aromatic N) is 1. The van der Waals surface area contributed by atoms with Gasteiger partial charge in [0.1, 0.15) is 5.75 Å². The van der Waals surface area contributed by atoms with Gasteiger partial charge in [0.15, 0.2) is 0 Å². The Bertz CT molecular complexity index is 487. The van der Waals surface area contributed by atoms with Gasteiger partial charge in [-0.15, -0.1) is 0 Å². The first-order valence-electron chi connectivity index (χ1n) is 6.92. The second-order valence-electron chi connectivity index (χ2n) is 4.82. The summed E-state index contributed by atoms with van der Waals surface area (Å²) >= 11 is 0. The van der Waals surface area contributed by atoms with Gasteiger partial charge in [-0.1, -0.05) is 18.6 Å². The number of fused-ring (bicyclic) bond motifs is 1. The SMILES string of the molecule is O=C(O)CCCCCN1C(=O)CCOc2ccccc21. The van der Waals surface area contributed by atoms with E-state index in [2.05, 4.69) is 0 Å². The number of hydrogen-bond donors (Lipinski definition) is 1. The summed E-state index contributed by atoms with van der Waals surface area (Å²) < 4.78 is 5.57. The lowest BCUT2D eigenvalue weighted by atomic mass is 10.1. The third-order valence-electron chi connectivity index (χ3n) is 3.30. The van der Waals surface area contributed by atoms with Crippen LogP contribution in [0.15, 0.2) is 24.3 Å². The second-order valence-corrected chi connectivity index (χ2v) is 4.82. The molecule has 1 aliphatic heterocycles. The molecule has 0 fully saturated rings. The molecule has 0 saturated carbocycles. The van der Waals surface area contributed by atoms with E-state index in [1.807, 2.05) is 24.3 Å². The van der Waals surface area contributed by atoms with Gasteiger partial charge in [-0.05, 0) is 25.0 Å². The standard InChI is InChI=1S/C15H19NO4/c17-14-9-11-20-13-7-4-3-6-12(13)16(14)10-5-1-2-8-15(18)19/h3-4,6-7H,1-2,5,8-11H2,(H,18,19). The molecule has 1 aromatic rings. The smallest absolute Gasteiger partial charge is 0.303 e. The first-order chi connectivity index (χ1) is 9.68. The lowest BCUT2D eigenvalue weighted by Gasteiger charge is -2.21. The molecule has 1 heterocycles. The Labute approximate surface area is 118 Å². The molecule has 5 nitrogen and oxygen atoms in total. The molecule has 108 valence electrons. The summed E-state index contributed by atoms with van der Waals surface area (Å²) in [6.45, 7) is 1.02. The van der Waals surface area contributed by atoms with Crippen molar-refractivity contribution in [3.8, 4) is 5.75 Å². The minimum absolute atomic E-state index is 0.0631. The molecule has 5 heteroatoms. The van der Waals surface area contributed by atoms with Crippen molar-refractivity contribution in [2.45, 2.75) is 32.1 Å². The third-order valence-corrected chi connectivity index (χ3v) is 3.30. The highest BCUT2D eigenvalue weighted by atomic mass is 16.5. The normalized spacial score (nSPS) is 14.4. The van der Waals surface area contributed by atoms with E-state index in [0.29, 0.717) is 26.0 Å². The largest absolute Gasteiger partial charge is 0.491 e. The highest BCUT2D eigenvalue weighted by Gasteiger charge is 2.22. The molecule has 1 amide bonds. The van der Waals surface area contributed by atoms with Crippen LogP contribution in [0.2, 0.25) is 0 Å². The molecular formula is C15H19NO4. The maximum absolute atomic E-state index is 12.1. The van der Waals surface area contributed by atoms with Crippen molar-refractivity contribution in [3.63, 3.8) is 0 Å². The number of rotatable bonds is 6. The van der Waals surface area contributed by atoms with Crippen molar-refractivity contribution in [2.75, 3.05) is 18.1 Å². The highest BCUT2D eigenvalue weighted by molar-refractivity contribution is 5.95. The van der Waals surface area contributed by atoms with Crippen LogP contribution in [-0.4, -0.2) is 30.1 Å². The molecule has 0 unspecified atom stereocenters. The fourth-order valence-corrected chi connectivity index (χ4v) is 2.29. The molecule has 0 bridgehead atoms. The van der Waals surface area contributed by atoms with Crippen LogP contribution in [0, 0.1) is 0 Å². The van der Waals surface area contributed by atoms with Crippen LogP contribution in [0.1, 0.15) is 32.1 Å². The Hall–Kier alpha value is -2.04. The van der Waals surface area contributed by atoms with E-state index in [4.69, 9.17) is 9.84 Å². The number of amides is 1. The highest BCUT2D eigenvalue weighted by Crippen LogP contribution is 2.31. The van der Waals surface area contributed by atoms with E-state index in [9.17, 15) is 9.59 Å². The van der Waals surface area contributed by atoms with Gasteiger partial charge in [0.25, 0.3) is 0 Å². The van der Waals surface area contributed by atoms with Crippen molar-refractivity contribution in [2.24, 2.45) is 0 Å². The molecule has 2 rings (SSSR count). The van der Waals surface area contributed by atoms with Gasteiger partial charge in [-0.2, -0.15) is 0 Å². The summed E-state index contributed by atoms with van der Waals surface area (Å²) in [4.78, 5) is 24.3. The summed E-state index contributed by atoms with van der Waals surface area (Å²) in [5.41, 5.74) is 0.813. The van der Waals surface area contributed by atoms with E-state index >= 15 is 0 Å². The zero-order valence-corrected chi connectivity index (χ0v) is 11.4. The third kappa shape index (κ3) is 3.73. The Morgan fingerprint density at radius 3 is 2.85 bits per heavy atom. The predicted molar refractivity (Wildman–Crippen MR) is 75.0 cm³/mol. The molecule has 20 heavy (non-hydrogen) atoms. The van der Waals surface area contributed by atoms with E-state index in [-0.39, 0.29) is 12.3 Å². The number of aliphatic carboxylic acids is 1. The first-order valence-corrected chi connectivity index (χ1v) is 6.92. The van der Waals surface area contributed by atoms with Crippen LogP contribution in [0.3, 0.4) is 0 Å². The van der Waals surface area contributed by atoms with Crippen LogP contribution in [0.5, 0.6) is 5.75 Å². The Balaban J connectivity index is 1.94. The molecular weight excluding hydrogens is 258 g/mol. The van der Waals surface area contributed by atoms with E-state index < -0.39 is 5.97 Å². The summed E-state index contributed by atoms with van der Waals surface area (Å²) in [6, 6.07) is 7.53. The van der Waals surface area contributed by atoms with Gasteiger partial charge >= 0.3 is 5.97 Å². The Morgan fingerprint density at radius 2 is 2.05 bits per heavy atom. The topological polar surface area (TPSA) is 66.8 Å². The molecule has 0 saturated heterocycles. The average molecular weight is 277 g/mol. The molecule has 0 atom stereocenters. The lowest BCUT2D eigenvalue weighted by molar-refractivity contribution is -0.137. The maximum Gasteiger partial charge on any atom is 0.303 e. The summed E-state index contributed by atoms with van der Waals surface area (Å²) in [5.74, 6) is 0.0339. The number of benzene rings is 1. The van der Waals surface area contributed by atoms with E-state index in [1.54, 1.807) is 4.90 Å². The second kappa shape index (κ2) is 6.93. The minimum Gasteiger partial charge on any atom is -0.491 e. The Morgan fingerprint density at radius 1 is 1.25 bits per heavy atom. The number of hydrogen-bond acceptors (Lipinski definition) is 3. The number of ether oxygens (including phenoxy) is 1. The fraction of sp³-hybridized carbons (Fsp3) is 0.467. The summed E-state index contributed by atoms with van der Waals surface area (Å²) in [5, 5.41) is 8.59. The number of para-hydroxylation sites is 2. The van der Waals surface area contributed by atoms with Crippen molar-refractivity contribution in [1.29, 1.82) is 0 Å². The molecule has 1 N–H and O–H groups in total. The minimum atomic E-state index is -0.769. The van der Waals surface area contributed by atoms with Crippen molar-refractivity contribution in [1.82, 2.24) is 0 Å². The van der Waals surface area contributed by atoms with Crippen molar-refractivity contribution >= 4 is 17.6 Å². The summed E-state index contributed by atoms with van der Waals surface area (Å²) in [6.07, 6.45) is 2.82. The number of carboxylic acid groups (broad SMARTS) is 1. The van der Waals surface area contributed by atoms with Crippen LogP contribution in [0.25, 0.3) is 0 Å². The zero-order chi connectivity index (χ0) is 14.4. The van der Waals surface area contributed by atoms with Gasteiger partial charge < -0.3 is 14.7 Å². The molecule has 1 aromatic carbocycles. The number of carbonyl (C=O) groups excluding carboxylic acids is 1. The van der Waals surface area contributed by atoms with Gasteiger partial charge in [0.05, 0.1) is 18.7 Å². The summed E-state index contributed by atoms with van der Waals surface area (Å²) in [7, 11) is 0. The van der Waals surface area contributed by atoms with Crippen LogP contribution < -0.4 is 9.64 Å². The van der Waals surface area contributed by atoms with Crippen LogP contribution in [-0.2, 0) is 9.59 Å². The number of unbranched alkanes of at least 4 members (excludes halogenated alkanes) is 2.